The van der Waals surface area contributed by atoms with E-state index in [1.54, 1.807) is 0 Å². The normalized spacial score (nSPS) is 51.4. The van der Waals surface area contributed by atoms with Crippen LogP contribution < -0.4 is 11.1 Å². The highest BCUT2D eigenvalue weighted by Crippen LogP contribution is 2.47. The summed E-state index contributed by atoms with van der Waals surface area (Å²) >= 11 is 0. The molecule has 3 atom stereocenters. The SMILES string of the molecule is NC[C@H]1[C@H]2CNC[C@@H]12. The maximum Gasteiger partial charge on any atom is -0.00139 e. The summed E-state index contributed by atoms with van der Waals surface area (Å²) in [7, 11) is 0. The molecular formula is C6H12N2. The van der Waals surface area contributed by atoms with E-state index >= 15 is 0 Å². The summed E-state index contributed by atoms with van der Waals surface area (Å²) in [5.41, 5.74) is 5.50. The lowest BCUT2D eigenvalue weighted by atomic mass is 10.3. The van der Waals surface area contributed by atoms with Gasteiger partial charge in [-0.2, -0.15) is 0 Å². The van der Waals surface area contributed by atoms with Crippen molar-refractivity contribution in [2.45, 2.75) is 0 Å². The minimum absolute atomic E-state index is 0.885. The summed E-state index contributed by atoms with van der Waals surface area (Å²) in [5, 5.41) is 3.33. The van der Waals surface area contributed by atoms with Crippen molar-refractivity contribution in [2.24, 2.45) is 23.5 Å². The van der Waals surface area contributed by atoms with E-state index in [0.29, 0.717) is 0 Å². The van der Waals surface area contributed by atoms with Gasteiger partial charge in [-0.15, -0.1) is 0 Å². The molecule has 1 saturated carbocycles. The molecule has 1 aliphatic carbocycles. The number of nitrogens with two attached hydrogens (primary N) is 1. The number of hydrogen-bond donors (Lipinski definition) is 2. The van der Waals surface area contributed by atoms with Crippen molar-refractivity contribution in [2.75, 3.05) is 19.6 Å². The molecule has 2 fully saturated rings. The van der Waals surface area contributed by atoms with E-state index < -0.39 is 0 Å². The lowest BCUT2D eigenvalue weighted by molar-refractivity contribution is 0.604. The predicted octanol–water partition coefficient (Wildman–Crippen LogP) is -0.590. The molecule has 8 heavy (non-hydrogen) atoms. The molecule has 0 aromatic heterocycles. The average Bonchev–Trinajstić information content (AvgIpc) is 2.22. The monoisotopic (exact) mass is 112 g/mol. The van der Waals surface area contributed by atoms with E-state index in [1.165, 1.54) is 13.1 Å². The maximum atomic E-state index is 5.50. The minimum atomic E-state index is 0.885. The van der Waals surface area contributed by atoms with Crippen molar-refractivity contribution in [3.8, 4) is 0 Å². The molecule has 1 heterocycles. The van der Waals surface area contributed by atoms with Gasteiger partial charge in [0.15, 0.2) is 0 Å². The van der Waals surface area contributed by atoms with Crippen LogP contribution in [0.4, 0.5) is 0 Å². The highest BCUT2D eigenvalue weighted by Gasteiger charge is 2.51. The van der Waals surface area contributed by atoms with E-state index in [1.807, 2.05) is 0 Å². The van der Waals surface area contributed by atoms with Crippen LogP contribution in [0.3, 0.4) is 0 Å². The van der Waals surface area contributed by atoms with Gasteiger partial charge < -0.3 is 11.1 Å². The van der Waals surface area contributed by atoms with Crippen LogP contribution in [-0.4, -0.2) is 19.6 Å². The molecule has 0 aromatic rings. The third-order valence-electron chi connectivity index (χ3n) is 2.54. The topological polar surface area (TPSA) is 38.0 Å². The van der Waals surface area contributed by atoms with Crippen molar-refractivity contribution >= 4 is 0 Å². The maximum absolute atomic E-state index is 5.50. The molecule has 2 heteroatoms. The van der Waals surface area contributed by atoms with Gasteiger partial charge in [0, 0.05) is 0 Å². The fourth-order valence-corrected chi connectivity index (χ4v) is 1.90. The Labute approximate surface area is 49.4 Å². The lowest BCUT2D eigenvalue weighted by Gasteiger charge is -1.97. The van der Waals surface area contributed by atoms with Crippen LogP contribution in [0, 0.1) is 17.8 Å². The molecule has 2 aliphatic rings. The molecule has 0 spiro atoms. The highest BCUT2D eigenvalue weighted by molar-refractivity contribution is 5.03. The molecule has 0 amide bonds. The first-order valence-electron chi connectivity index (χ1n) is 3.34. The van der Waals surface area contributed by atoms with Crippen LogP contribution >= 0.6 is 0 Å². The minimum Gasteiger partial charge on any atom is -0.330 e. The zero-order valence-corrected chi connectivity index (χ0v) is 4.93. The first-order chi connectivity index (χ1) is 3.93. The second-order valence-electron chi connectivity index (χ2n) is 2.89. The van der Waals surface area contributed by atoms with Gasteiger partial charge in [0.2, 0.25) is 0 Å². The molecule has 1 aliphatic heterocycles. The van der Waals surface area contributed by atoms with Gasteiger partial charge in [-0.05, 0) is 37.4 Å². The quantitative estimate of drug-likeness (QED) is 0.476. The van der Waals surface area contributed by atoms with Crippen LogP contribution in [0.2, 0.25) is 0 Å². The molecule has 0 radical (unpaired) electrons. The van der Waals surface area contributed by atoms with Crippen LogP contribution in [0.15, 0.2) is 0 Å². The number of piperidine rings is 1. The first kappa shape index (κ1) is 4.77. The Hall–Kier alpha value is -0.0800. The Morgan fingerprint density at radius 1 is 1.38 bits per heavy atom. The third kappa shape index (κ3) is 0.446. The Morgan fingerprint density at radius 3 is 2.38 bits per heavy atom. The van der Waals surface area contributed by atoms with Gasteiger partial charge in [0.05, 0.1) is 0 Å². The Kier molecular flexibility index (Phi) is 0.866. The van der Waals surface area contributed by atoms with E-state index in [4.69, 9.17) is 5.73 Å². The fourth-order valence-electron chi connectivity index (χ4n) is 1.90. The van der Waals surface area contributed by atoms with Crippen LogP contribution in [0.1, 0.15) is 0 Å². The van der Waals surface area contributed by atoms with Gasteiger partial charge in [-0.3, -0.25) is 0 Å². The van der Waals surface area contributed by atoms with Crippen molar-refractivity contribution in [1.82, 2.24) is 5.32 Å². The molecule has 46 valence electrons. The molecule has 1 saturated heterocycles. The first-order valence-corrected chi connectivity index (χ1v) is 3.34. The Morgan fingerprint density at radius 2 is 2.00 bits per heavy atom. The lowest BCUT2D eigenvalue weighted by Crippen LogP contribution is -2.18. The van der Waals surface area contributed by atoms with Crippen molar-refractivity contribution in [1.29, 1.82) is 0 Å². The van der Waals surface area contributed by atoms with Gasteiger partial charge in [-0.25, -0.2) is 0 Å². The number of hydrogen-bond acceptors (Lipinski definition) is 2. The molecule has 0 unspecified atom stereocenters. The van der Waals surface area contributed by atoms with Crippen LogP contribution in [0.25, 0.3) is 0 Å². The molecular weight excluding hydrogens is 100 g/mol. The summed E-state index contributed by atoms with van der Waals surface area (Å²) in [5.74, 6) is 2.80. The summed E-state index contributed by atoms with van der Waals surface area (Å²) < 4.78 is 0. The summed E-state index contributed by atoms with van der Waals surface area (Å²) in [6.45, 7) is 3.37. The molecule has 0 aromatic carbocycles. The summed E-state index contributed by atoms with van der Waals surface area (Å²) in [6, 6.07) is 0. The van der Waals surface area contributed by atoms with Gasteiger partial charge >= 0.3 is 0 Å². The third-order valence-corrected chi connectivity index (χ3v) is 2.54. The van der Waals surface area contributed by atoms with E-state index in [0.717, 1.165) is 24.3 Å². The van der Waals surface area contributed by atoms with Gasteiger partial charge in [0.25, 0.3) is 0 Å². The standard InChI is InChI=1S/C6H12N2/c7-1-4-5-2-8-3-6(4)5/h4-6,8H,1-3,7H2/t4-,5+,6-. The second kappa shape index (κ2) is 1.45. The van der Waals surface area contributed by atoms with Gasteiger partial charge in [-0.1, -0.05) is 0 Å². The largest absolute Gasteiger partial charge is 0.330 e. The van der Waals surface area contributed by atoms with Crippen LogP contribution in [-0.2, 0) is 0 Å². The number of rotatable bonds is 1. The predicted molar refractivity (Wildman–Crippen MR) is 32.4 cm³/mol. The number of nitrogens with one attached hydrogen (secondary N) is 1. The zero-order valence-electron chi connectivity index (χ0n) is 4.93. The van der Waals surface area contributed by atoms with Crippen molar-refractivity contribution in [3.63, 3.8) is 0 Å². The number of fused-ring (bicyclic) bond motifs is 1. The van der Waals surface area contributed by atoms with Crippen molar-refractivity contribution < 1.29 is 0 Å². The molecule has 0 bridgehead atoms. The van der Waals surface area contributed by atoms with Crippen molar-refractivity contribution in [3.05, 3.63) is 0 Å². The highest BCUT2D eigenvalue weighted by atomic mass is 15.0. The Balaban J connectivity index is 1.94. The second-order valence-corrected chi connectivity index (χ2v) is 2.89. The molecule has 2 rings (SSSR count). The summed E-state index contributed by atoms with van der Waals surface area (Å²) in [4.78, 5) is 0. The van der Waals surface area contributed by atoms with Crippen LogP contribution in [0.5, 0.6) is 0 Å². The van der Waals surface area contributed by atoms with E-state index in [2.05, 4.69) is 5.32 Å². The summed E-state index contributed by atoms with van der Waals surface area (Å²) in [6.07, 6.45) is 0. The molecule has 3 N–H and O–H groups in total. The Bertz CT molecular complexity index is 85.9. The zero-order chi connectivity index (χ0) is 5.56. The van der Waals surface area contributed by atoms with E-state index in [9.17, 15) is 0 Å². The molecule has 2 nitrogen and oxygen atoms in total. The van der Waals surface area contributed by atoms with Gasteiger partial charge in [0.1, 0.15) is 0 Å². The smallest absolute Gasteiger partial charge is 0.00139 e. The van der Waals surface area contributed by atoms with E-state index in [-0.39, 0.29) is 0 Å². The fraction of sp³-hybridized carbons (Fsp3) is 1.00. The average molecular weight is 112 g/mol.